The van der Waals surface area contributed by atoms with Gasteiger partial charge in [-0.05, 0) is 65.0 Å². The molecule has 0 rings (SSSR count). The molecule has 0 aliphatic carbocycles. The van der Waals surface area contributed by atoms with E-state index in [2.05, 4.69) is 64.1 Å². The molecule has 0 fully saturated rings. The Morgan fingerprint density at radius 2 is 0.939 bits per heavy atom. The van der Waals surface area contributed by atoms with E-state index in [1.165, 1.54) is 128 Å². The Morgan fingerprint density at radius 1 is 0.515 bits per heavy atom. The number of hydrogen-bond acceptors (Lipinski definition) is 1. The van der Waals surface area contributed by atoms with Gasteiger partial charge in [-0.1, -0.05) is 135 Å². The van der Waals surface area contributed by atoms with Gasteiger partial charge in [-0.15, -0.1) is 0 Å². The highest BCUT2D eigenvalue weighted by Crippen LogP contribution is 2.22. The zero-order valence-electron chi connectivity index (χ0n) is 23.8. The van der Waals surface area contributed by atoms with Gasteiger partial charge in [0, 0.05) is 6.04 Å². The van der Waals surface area contributed by atoms with Crippen LogP contribution in [-0.4, -0.2) is 25.0 Å². The van der Waals surface area contributed by atoms with Gasteiger partial charge < -0.3 is 4.90 Å². The Hall–Kier alpha value is -0.560. The van der Waals surface area contributed by atoms with Crippen molar-refractivity contribution in [2.45, 2.75) is 162 Å². The summed E-state index contributed by atoms with van der Waals surface area (Å²) in [4.78, 5) is 2.50. The van der Waals surface area contributed by atoms with Crippen LogP contribution in [0.5, 0.6) is 0 Å². The molecule has 0 bridgehead atoms. The van der Waals surface area contributed by atoms with Crippen LogP contribution in [0.1, 0.15) is 156 Å². The summed E-state index contributed by atoms with van der Waals surface area (Å²) in [5, 5.41) is 0. The van der Waals surface area contributed by atoms with Crippen LogP contribution in [0.15, 0.2) is 24.3 Å². The van der Waals surface area contributed by atoms with Crippen LogP contribution in [0, 0.1) is 5.92 Å². The van der Waals surface area contributed by atoms with Crippen LogP contribution in [0.25, 0.3) is 0 Å². The van der Waals surface area contributed by atoms with E-state index in [1.807, 2.05) is 0 Å². The van der Waals surface area contributed by atoms with Gasteiger partial charge in [-0.25, -0.2) is 0 Å². The lowest BCUT2D eigenvalue weighted by atomic mass is 9.90. The highest BCUT2D eigenvalue weighted by Gasteiger charge is 2.18. The average molecular weight is 462 g/mol. The highest BCUT2D eigenvalue weighted by atomic mass is 15.1. The lowest BCUT2D eigenvalue weighted by Crippen LogP contribution is -2.34. The summed E-state index contributed by atoms with van der Waals surface area (Å²) in [5.74, 6) is 0.845. The molecule has 0 aliphatic heterocycles. The summed E-state index contributed by atoms with van der Waals surface area (Å²) >= 11 is 0. The summed E-state index contributed by atoms with van der Waals surface area (Å²) in [6.45, 7) is 7.07. The minimum absolute atomic E-state index is 0.778. The Bertz CT molecular complexity index is 422. The molecular formula is C32H63N. The first-order valence-electron chi connectivity index (χ1n) is 15.1. The van der Waals surface area contributed by atoms with Crippen molar-refractivity contribution in [1.29, 1.82) is 0 Å². The van der Waals surface area contributed by atoms with Crippen molar-refractivity contribution in [1.82, 2.24) is 4.90 Å². The van der Waals surface area contributed by atoms with E-state index < -0.39 is 0 Å². The van der Waals surface area contributed by atoms with Crippen molar-refractivity contribution < 1.29 is 0 Å². The lowest BCUT2D eigenvalue weighted by Gasteiger charge is -2.30. The summed E-state index contributed by atoms with van der Waals surface area (Å²) in [7, 11) is 4.58. The zero-order valence-corrected chi connectivity index (χ0v) is 23.8. The van der Waals surface area contributed by atoms with Crippen molar-refractivity contribution in [2.75, 3.05) is 14.1 Å². The third kappa shape index (κ3) is 23.0. The molecule has 0 aromatic carbocycles. The summed E-state index contributed by atoms with van der Waals surface area (Å²) in [5.41, 5.74) is 0. The van der Waals surface area contributed by atoms with Gasteiger partial charge in [0.25, 0.3) is 0 Å². The van der Waals surface area contributed by atoms with Gasteiger partial charge >= 0.3 is 0 Å². The number of hydrogen-bond donors (Lipinski definition) is 0. The van der Waals surface area contributed by atoms with E-state index in [1.54, 1.807) is 0 Å². The molecule has 0 N–H and O–H groups in total. The minimum Gasteiger partial charge on any atom is -0.306 e. The quantitative estimate of drug-likeness (QED) is 0.0964. The first-order chi connectivity index (χ1) is 16.1. The molecule has 0 spiro atoms. The minimum atomic E-state index is 0.778. The third-order valence-electron chi connectivity index (χ3n) is 7.28. The topological polar surface area (TPSA) is 3.24 Å². The van der Waals surface area contributed by atoms with Crippen molar-refractivity contribution in [3.05, 3.63) is 24.3 Å². The molecule has 196 valence electrons. The third-order valence-corrected chi connectivity index (χ3v) is 7.28. The van der Waals surface area contributed by atoms with Gasteiger partial charge in [0.05, 0.1) is 0 Å². The number of allylic oxidation sites excluding steroid dienone is 4. The fourth-order valence-electron chi connectivity index (χ4n) is 5.01. The van der Waals surface area contributed by atoms with E-state index in [4.69, 9.17) is 0 Å². The second-order valence-electron chi connectivity index (χ2n) is 10.8. The molecule has 1 nitrogen and oxygen atoms in total. The zero-order chi connectivity index (χ0) is 24.4. The molecule has 0 radical (unpaired) electrons. The molecule has 0 aromatic heterocycles. The molecule has 0 heterocycles. The molecule has 0 saturated heterocycles. The molecular weight excluding hydrogens is 398 g/mol. The molecule has 33 heavy (non-hydrogen) atoms. The van der Waals surface area contributed by atoms with Crippen LogP contribution in [0.2, 0.25) is 0 Å². The van der Waals surface area contributed by atoms with Crippen molar-refractivity contribution >= 4 is 0 Å². The maximum Gasteiger partial charge on any atom is 0.0115 e. The number of nitrogens with zero attached hydrogens (tertiary/aromatic N) is 1. The van der Waals surface area contributed by atoms with Crippen LogP contribution in [0.4, 0.5) is 0 Å². The van der Waals surface area contributed by atoms with Crippen molar-refractivity contribution in [3.63, 3.8) is 0 Å². The van der Waals surface area contributed by atoms with Crippen molar-refractivity contribution in [2.24, 2.45) is 5.92 Å². The predicted molar refractivity (Wildman–Crippen MR) is 153 cm³/mol. The van der Waals surface area contributed by atoms with Crippen LogP contribution >= 0.6 is 0 Å². The summed E-state index contributed by atoms with van der Waals surface area (Å²) < 4.78 is 0. The van der Waals surface area contributed by atoms with Gasteiger partial charge in [-0.3, -0.25) is 0 Å². The normalized spacial score (nSPS) is 14.1. The highest BCUT2D eigenvalue weighted by molar-refractivity contribution is 4.92. The molecule has 0 aliphatic rings. The number of rotatable bonds is 25. The van der Waals surface area contributed by atoms with Crippen LogP contribution in [-0.2, 0) is 0 Å². The number of unbranched alkanes of at least 4 members (excludes halogenated alkanes) is 15. The van der Waals surface area contributed by atoms with E-state index in [-0.39, 0.29) is 0 Å². The molecule has 0 amide bonds. The lowest BCUT2D eigenvalue weighted by molar-refractivity contribution is 0.192. The second-order valence-corrected chi connectivity index (χ2v) is 10.8. The summed E-state index contributed by atoms with van der Waals surface area (Å²) in [6.07, 6.45) is 38.4. The van der Waals surface area contributed by atoms with Crippen LogP contribution in [0.3, 0.4) is 0 Å². The van der Waals surface area contributed by atoms with E-state index in [0.717, 1.165) is 18.4 Å². The second kappa shape index (κ2) is 26.1. The van der Waals surface area contributed by atoms with Gasteiger partial charge in [0.2, 0.25) is 0 Å². The Balaban J connectivity index is 3.55. The van der Waals surface area contributed by atoms with E-state index >= 15 is 0 Å². The van der Waals surface area contributed by atoms with Gasteiger partial charge in [-0.2, -0.15) is 0 Å². The fourth-order valence-corrected chi connectivity index (χ4v) is 5.01. The standard InChI is InChI=1S/C32H63N/c1-6-8-10-12-13-14-15-16-17-18-19-20-21-22-23-24-26-28-30-32(33(4)5)31(3)29-27-25-11-9-7-2/h13-14,16-17,31-32H,6-12,15,18-30H2,1-5H3. The molecule has 0 aromatic rings. The Morgan fingerprint density at radius 3 is 1.48 bits per heavy atom. The van der Waals surface area contributed by atoms with Crippen molar-refractivity contribution in [3.8, 4) is 0 Å². The summed E-state index contributed by atoms with van der Waals surface area (Å²) in [6, 6.07) is 0.778. The predicted octanol–water partition coefficient (Wildman–Crippen LogP) is 10.9. The molecule has 1 heteroatoms. The van der Waals surface area contributed by atoms with Gasteiger partial charge in [0.15, 0.2) is 0 Å². The van der Waals surface area contributed by atoms with Gasteiger partial charge in [0.1, 0.15) is 0 Å². The monoisotopic (exact) mass is 461 g/mol. The molecule has 2 atom stereocenters. The first-order valence-corrected chi connectivity index (χ1v) is 15.1. The van der Waals surface area contributed by atoms with E-state index in [0.29, 0.717) is 0 Å². The Kier molecular flexibility index (Phi) is 25.6. The SMILES string of the molecule is CCCCCC=CCC=CCCCCCCCCCCC(C(C)CCCCCCC)N(C)C. The van der Waals surface area contributed by atoms with E-state index in [9.17, 15) is 0 Å². The molecule has 0 saturated carbocycles. The largest absolute Gasteiger partial charge is 0.306 e. The van der Waals surface area contributed by atoms with Crippen LogP contribution < -0.4 is 0 Å². The fraction of sp³-hybridized carbons (Fsp3) is 0.875. The maximum absolute atomic E-state index is 2.50. The first kappa shape index (κ1) is 32.4. The molecule has 2 unspecified atom stereocenters. The smallest absolute Gasteiger partial charge is 0.0115 e. The average Bonchev–Trinajstić information content (AvgIpc) is 2.80. The Labute approximate surface area is 210 Å². The maximum atomic E-state index is 2.50.